The Morgan fingerprint density at radius 1 is 0.553 bits per heavy atom. The van der Waals surface area contributed by atoms with Crippen LogP contribution in [0.15, 0.2) is 48.5 Å². The third-order valence-corrected chi connectivity index (χ3v) is 9.82. The van der Waals surface area contributed by atoms with E-state index in [1.165, 1.54) is 132 Å². The molecule has 0 aliphatic heterocycles. The number of rotatable bonds is 12. The Morgan fingerprint density at radius 2 is 1.13 bits per heavy atom. The van der Waals surface area contributed by atoms with Gasteiger partial charge in [0.05, 0.1) is 0 Å². The summed E-state index contributed by atoms with van der Waals surface area (Å²) in [5.74, 6) is 10.9. The van der Waals surface area contributed by atoms with Crippen LogP contribution in [0.4, 0.5) is 0 Å². The van der Waals surface area contributed by atoms with Crippen molar-refractivity contribution in [1.29, 1.82) is 0 Å². The van der Waals surface area contributed by atoms with Gasteiger partial charge in [0.15, 0.2) is 0 Å². The van der Waals surface area contributed by atoms with Crippen LogP contribution in [-0.2, 0) is 12.8 Å². The third kappa shape index (κ3) is 9.63. The highest BCUT2D eigenvalue weighted by Gasteiger charge is 2.21. The second kappa shape index (κ2) is 16.2. The number of hydrogen-bond donors (Lipinski definition) is 0. The van der Waals surface area contributed by atoms with Crippen LogP contribution in [0.3, 0.4) is 0 Å². The molecule has 0 N–H and O–H groups in total. The Hall–Kier alpha value is -2.00. The van der Waals surface area contributed by atoms with Gasteiger partial charge in [0.2, 0.25) is 0 Å². The Labute approximate surface area is 235 Å². The molecule has 2 aromatic rings. The van der Waals surface area contributed by atoms with Gasteiger partial charge in [-0.2, -0.15) is 0 Å². The van der Waals surface area contributed by atoms with Gasteiger partial charge >= 0.3 is 0 Å². The quantitative estimate of drug-likeness (QED) is 0.197. The first-order chi connectivity index (χ1) is 18.7. The average molecular weight is 511 g/mol. The van der Waals surface area contributed by atoms with E-state index in [-0.39, 0.29) is 0 Å². The van der Waals surface area contributed by atoms with E-state index in [9.17, 15) is 0 Å². The average Bonchev–Trinajstić information content (AvgIpc) is 2.96. The van der Waals surface area contributed by atoms with Gasteiger partial charge in [0, 0.05) is 11.1 Å². The van der Waals surface area contributed by atoms with Gasteiger partial charge in [-0.05, 0) is 78.7 Å². The summed E-state index contributed by atoms with van der Waals surface area (Å²) < 4.78 is 0. The maximum atomic E-state index is 3.52. The molecule has 0 atom stereocenters. The summed E-state index contributed by atoms with van der Waals surface area (Å²) in [7, 11) is 0. The molecule has 4 rings (SSSR count). The molecule has 2 fully saturated rings. The van der Waals surface area contributed by atoms with E-state index < -0.39 is 0 Å². The Bertz CT molecular complexity index is 971. The second-order valence-electron chi connectivity index (χ2n) is 12.7. The number of hydrogen-bond acceptors (Lipinski definition) is 0. The first-order valence-corrected chi connectivity index (χ1v) is 16.4. The van der Waals surface area contributed by atoms with Crippen LogP contribution in [0.25, 0.3) is 0 Å². The highest BCUT2D eigenvalue weighted by Crippen LogP contribution is 2.35. The van der Waals surface area contributed by atoms with Crippen molar-refractivity contribution in [3.63, 3.8) is 0 Å². The maximum absolute atomic E-state index is 3.52. The molecule has 0 nitrogen and oxygen atoms in total. The lowest BCUT2D eigenvalue weighted by Crippen LogP contribution is -2.15. The molecule has 0 bridgehead atoms. The van der Waals surface area contributed by atoms with Gasteiger partial charge in [-0.25, -0.2) is 0 Å². The zero-order chi connectivity index (χ0) is 26.4. The second-order valence-corrected chi connectivity index (χ2v) is 12.7. The zero-order valence-electron chi connectivity index (χ0n) is 24.7. The molecule has 0 saturated heterocycles. The minimum absolute atomic E-state index is 0.914. The van der Waals surface area contributed by atoms with Gasteiger partial charge < -0.3 is 0 Å². The molecule has 206 valence electrons. The summed E-state index contributed by atoms with van der Waals surface area (Å²) in [6.07, 6.45) is 25.2. The van der Waals surface area contributed by atoms with E-state index >= 15 is 0 Å². The monoisotopic (exact) mass is 510 g/mol. The largest absolute Gasteiger partial charge is 0.0654 e. The Kier molecular flexibility index (Phi) is 12.3. The van der Waals surface area contributed by atoms with Crippen LogP contribution in [0.2, 0.25) is 0 Å². The van der Waals surface area contributed by atoms with Crippen molar-refractivity contribution in [2.24, 2.45) is 23.7 Å². The predicted octanol–water partition coefficient (Wildman–Crippen LogP) is 10.9. The van der Waals surface area contributed by atoms with Gasteiger partial charge in [-0.1, -0.05) is 146 Å². The van der Waals surface area contributed by atoms with Crippen molar-refractivity contribution in [1.82, 2.24) is 0 Å². The molecule has 2 saturated carbocycles. The predicted molar refractivity (Wildman–Crippen MR) is 165 cm³/mol. The standard InChI is InChI=1S/C38H54/c1-3-5-6-10-32-15-19-33(20-16-32)21-22-34-23-25-36(26-24-34)28-30-38-12-8-7-11-37(38)29-27-35-17-13-31(9-4-2)14-18-35/h7-8,11-12,23-26,31-33,35H,3-6,9-10,13-22,27,29H2,1-2H3. The smallest absolute Gasteiger partial charge is 0.0281 e. The SMILES string of the molecule is CCCCCC1CCC(CCc2ccc(C#Cc3ccccc3CCC3CCC(CCC)CC3)cc2)CC1. The van der Waals surface area contributed by atoms with Crippen molar-refractivity contribution in [2.45, 2.75) is 129 Å². The molecule has 0 radical (unpaired) electrons. The molecular weight excluding hydrogens is 456 g/mol. The molecule has 38 heavy (non-hydrogen) atoms. The number of unbranched alkanes of at least 4 members (excludes halogenated alkanes) is 2. The highest BCUT2D eigenvalue weighted by atomic mass is 14.3. The molecule has 0 unspecified atom stereocenters. The summed E-state index contributed by atoms with van der Waals surface area (Å²) in [5, 5.41) is 0. The molecular formula is C38H54. The van der Waals surface area contributed by atoms with Crippen LogP contribution >= 0.6 is 0 Å². The summed E-state index contributed by atoms with van der Waals surface area (Å²) in [5.41, 5.74) is 5.29. The molecule has 0 aromatic heterocycles. The Morgan fingerprint density at radius 3 is 1.76 bits per heavy atom. The van der Waals surface area contributed by atoms with Crippen LogP contribution in [0.1, 0.15) is 139 Å². The first kappa shape index (κ1) is 29.0. The van der Waals surface area contributed by atoms with Gasteiger partial charge in [-0.3, -0.25) is 0 Å². The van der Waals surface area contributed by atoms with E-state index in [4.69, 9.17) is 0 Å². The van der Waals surface area contributed by atoms with Crippen molar-refractivity contribution >= 4 is 0 Å². The fourth-order valence-electron chi connectivity index (χ4n) is 7.19. The van der Waals surface area contributed by atoms with Crippen LogP contribution in [-0.4, -0.2) is 0 Å². The molecule has 0 spiro atoms. The molecule has 0 heterocycles. The topological polar surface area (TPSA) is 0 Å². The van der Waals surface area contributed by atoms with Crippen LogP contribution in [0.5, 0.6) is 0 Å². The summed E-state index contributed by atoms with van der Waals surface area (Å²) >= 11 is 0. The van der Waals surface area contributed by atoms with E-state index in [0.717, 1.165) is 29.2 Å². The van der Waals surface area contributed by atoms with Crippen molar-refractivity contribution in [3.05, 3.63) is 70.8 Å². The lowest BCUT2D eigenvalue weighted by Gasteiger charge is -2.28. The molecule has 2 aliphatic carbocycles. The van der Waals surface area contributed by atoms with Crippen molar-refractivity contribution in [2.75, 3.05) is 0 Å². The minimum Gasteiger partial charge on any atom is -0.0654 e. The zero-order valence-corrected chi connectivity index (χ0v) is 24.7. The van der Waals surface area contributed by atoms with E-state index in [1.54, 1.807) is 0 Å². The lowest BCUT2D eigenvalue weighted by molar-refractivity contribution is 0.249. The van der Waals surface area contributed by atoms with Crippen molar-refractivity contribution in [3.8, 4) is 11.8 Å². The number of benzene rings is 2. The maximum Gasteiger partial charge on any atom is 0.0281 e. The van der Waals surface area contributed by atoms with Gasteiger partial charge in [-0.15, -0.1) is 0 Å². The fraction of sp³-hybridized carbons (Fsp3) is 0.632. The van der Waals surface area contributed by atoms with Crippen LogP contribution < -0.4 is 0 Å². The highest BCUT2D eigenvalue weighted by molar-refractivity contribution is 5.47. The van der Waals surface area contributed by atoms with E-state index in [0.29, 0.717) is 0 Å². The normalized spacial score (nSPS) is 23.5. The molecule has 0 heteroatoms. The fourth-order valence-corrected chi connectivity index (χ4v) is 7.19. The Balaban J connectivity index is 1.21. The van der Waals surface area contributed by atoms with Crippen molar-refractivity contribution < 1.29 is 0 Å². The van der Waals surface area contributed by atoms with E-state index in [2.05, 4.69) is 74.2 Å². The van der Waals surface area contributed by atoms with E-state index in [1.807, 2.05) is 0 Å². The summed E-state index contributed by atoms with van der Waals surface area (Å²) in [4.78, 5) is 0. The third-order valence-electron chi connectivity index (χ3n) is 9.82. The van der Waals surface area contributed by atoms with Crippen LogP contribution in [0, 0.1) is 35.5 Å². The minimum atomic E-state index is 0.914. The molecule has 2 aromatic carbocycles. The van der Waals surface area contributed by atoms with Gasteiger partial charge in [0.25, 0.3) is 0 Å². The molecule has 2 aliphatic rings. The lowest BCUT2D eigenvalue weighted by atomic mass is 9.78. The number of aryl methyl sites for hydroxylation is 2. The van der Waals surface area contributed by atoms with Gasteiger partial charge in [0.1, 0.15) is 0 Å². The first-order valence-electron chi connectivity index (χ1n) is 16.4. The summed E-state index contributed by atoms with van der Waals surface area (Å²) in [6, 6.07) is 18.0. The summed E-state index contributed by atoms with van der Waals surface area (Å²) in [6.45, 7) is 4.65. The molecule has 0 amide bonds.